The first-order chi connectivity index (χ1) is 8.69. The number of hydrogen-bond acceptors (Lipinski definition) is 3. The molecule has 2 aromatic rings. The molecule has 1 aromatic heterocycles. The van der Waals surface area contributed by atoms with E-state index in [9.17, 15) is 8.78 Å². The van der Waals surface area contributed by atoms with Gasteiger partial charge in [0.25, 0.3) is 0 Å². The minimum absolute atomic E-state index is 0.0793. The van der Waals surface area contributed by atoms with Crippen molar-refractivity contribution in [2.45, 2.75) is 6.61 Å². The summed E-state index contributed by atoms with van der Waals surface area (Å²) in [6.07, 6.45) is 0. The maximum atomic E-state index is 13.3. The second-order valence-corrected chi connectivity index (χ2v) is 3.63. The Bertz CT molecular complexity index is 546. The molecule has 0 amide bonds. The largest absolute Gasteiger partial charge is 0.484 e. The topological polar surface area (TPSA) is 34.1 Å². The first-order valence-electron chi connectivity index (χ1n) is 5.40. The van der Waals surface area contributed by atoms with Gasteiger partial charge in [-0.05, 0) is 24.3 Å². The van der Waals surface area contributed by atoms with Crippen molar-refractivity contribution in [3.63, 3.8) is 0 Å². The Balaban J connectivity index is 2.08. The Labute approximate surface area is 103 Å². The van der Waals surface area contributed by atoms with E-state index in [1.165, 1.54) is 0 Å². The Hall–Kier alpha value is -2.17. The molecule has 0 fully saturated rings. The molecule has 1 aromatic carbocycles. The Morgan fingerprint density at radius 3 is 2.83 bits per heavy atom. The summed E-state index contributed by atoms with van der Waals surface area (Å²) in [6, 6.07) is 8.44. The Morgan fingerprint density at radius 2 is 2.06 bits per heavy atom. The standard InChI is InChI=1S/C13H12F2N2O/c1-16-13-4-2-3-10(17-13)8-18-12-7-9(14)5-6-11(12)15/h2-7H,8H2,1H3,(H,16,17). The Kier molecular flexibility index (Phi) is 3.72. The lowest BCUT2D eigenvalue weighted by Gasteiger charge is -2.08. The highest BCUT2D eigenvalue weighted by atomic mass is 19.1. The molecule has 1 N–H and O–H groups in total. The zero-order valence-corrected chi connectivity index (χ0v) is 9.78. The van der Waals surface area contributed by atoms with Crippen LogP contribution in [0.2, 0.25) is 0 Å². The third kappa shape index (κ3) is 2.94. The van der Waals surface area contributed by atoms with Gasteiger partial charge >= 0.3 is 0 Å². The molecule has 0 saturated heterocycles. The molecule has 5 heteroatoms. The third-order valence-electron chi connectivity index (χ3n) is 2.33. The van der Waals surface area contributed by atoms with E-state index in [0.29, 0.717) is 11.5 Å². The summed E-state index contributed by atoms with van der Waals surface area (Å²) in [4.78, 5) is 4.21. The number of hydrogen-bond donors (Lipinski definition) is 1. The number of halogens is 2. The van der Waals surface area contributed by atoms with Crippen LogP contribution in [0.4, 0.5) is 14.6 Å². The first-order valence-corrected chi connectivity index (χ1v) is 5.40. The lowest BCUT2D eigenvalue weighted by atomic mass is 10.3. The number of nitrogens with zero attached hydrogens (tertiary/aromatic N) is 1. The zero-order chi connectivity index (χ0) is 13.0. The van der Waals surface area contributed by atoms with Crippen molar-refractivity contribution in [1.29, 1.82) is 0 Å². The van der Waals surface area contributed by atoms with Crippen LogP contribution < -0.4 is 10.1 Å². The number of ether oxygens (including phenoxy) is 1. The molecule has 0 unspecified atom stereocenters. The molecule has 2 rings (SSSR count). The van der Waals surface area contributed by atoms with E-state index < -0.39 is 11.6 Å². The van der Waals surface area contributed by atoms with E-state index in [4.69, 9.17) is 4.74 Å². The number of aromatic nitrogens is 1. The summed E-state index contributed by atoms with van der Waals surface area (Å²) < 4.78 is 31.4. The van der Waals surface area contributed by atoms with Gasteiger partial charge in [0, 0.05) is 13.1 Å². The fourth-order valence-corrected chi connectivity index (χ4v) is 1.44. The van der Waals surface area contributed by atoms with Crippen LogP contribution in [0.25, 0.3) is 0 Å². The predicted octanol–water partition coefficient (Wildman–Crippen LogP) is 2.98. The maximum absolute atomic E-state index is 13.3. The van der Waals surface area contributed by atoms with E-state index >= 15 is 0 Å². The number of anilines is 1. The van der Waals surface area contributed by atoms with Gasteiger partial charge in [-0.1, -0.05) is 6.07 Å². The monoisotopic (exact) mass is 250 g/mol. The molecule has 94 valence electrons. The van der Waals surface area contributed by atoms with Crippen molar-refractivity contribution in [3.8, 4) is 5.75 Å². The first kappa shape index (κ1) is 12.3. The van der Waals surface area contributed by atoms with Crippen LogP contribution in [0.1, 0.15) is 5.69 Å². The van der Waals surface area contributed by atoms with E-state index in [1.807, 2.05) is 0 Å². The average molecular weight is 250 g/mol. The molecule has 0 atom stereocenters. The van der Waals surface area contributed by atoms with Crippen LogP contribution in [-0.2, 0) is 6.61 Å². The molecule has 0 radical (unpaired) electrons. The fraction of sp³-hybridized carbons (Fsp3) is 0.154. The van der Waals surface area contributed by atoms with Crippen LogP contribution in [0, 0.1) is 11.6 Å². The van der Waals surface area contributed by atoms with Crippen LogP contribution in [-0.4, -0.2) is 12.0 Å². The van der Waals surface area contributed by atoms with E-state index in [1.54, 1.807) is 25.2 Å². The van der Waals surface area contributed by atoms with Gasteiger partial charge in [-0.15, -0.1) is 0 Å². The SMILES string of the molecule is CNc1cccc(COc2cc(F)ccc2F)n1. The molecule has 0 aliphatic carbocycles. The van der Waals surface area contributed by atoms with Crippen LogP contribution in [0.3, 0.4) is 0 Å². The summed E-state index contributed by atoms with van der Waals surface area (Å²) >= 11 is 0. The molecule has 0 bridgehead atoms. The van der Waals surface area contributed by atoms with Crippen LogP contribution in [0.15, 0.2) is 36.4 Å². The summed E-state index contributed by atoms with van der Waals surface area (Å²) in [5.41, 5.74) is 0.630. The van der Waals surface area contributed by atoms with Crippen molar-refractivity contribution in [1.82, 2.24) is 4.98 Å². The molecule has 0 aliphatic heterocycles. The van der Waals surface area contributed by atoms with E-state index in [0.717, 1.165) is 18.2 Å². The summed E-state index contributed by atoms with van der Waals surface area (Å²) in [5, 5.41) is 2.89. The second kappa shape index (κ2) is 5.44. The fourth-order valence-electron chi connectivity index (χ4n) is 1.44. The summed E-state index contributed by atoms with van der Waals surface area (Å²) in [6.45, 7) is 0.0793. The zero-order valence-electron chi connectivity index (χ0n) is 9.78. The van der Waals surface area contributed by atoms with Gasteiger partial charge in [-0.2, -0.15) is 0 Å². The van der Waals surface area contributed by atoms with Crippen molar-refractivity contribution >= 4 is 5.82 Å². The number of benzene rings is 1. The molecular weight excluding hydrogens is 238 g/mol. The number of pyridine rings is 1. The van der Waals surface area contributed by atoms with Crippen molar-refractivity contribution < 1.29 is 13.5 Å². The maximum Gasteiger partial charge on any atom is 0.165 e. The Morgan fingerprint density at radius 1 is 1.22 bits per heavy atom. The van der Waals surface area contributed by atoms with Crippen molar-refractivity contribution in [2.24, 2.45) is 0 Å². The minimum Gasteiger partial charge on any atom is -0.484 e. The van der Waals surface area contributed by atoms with Gasteiger partial charge in [-0.25, -0.2) is 13.8 Å². The summed E-state index contributed by atoms with van der Waals surface area (Å²) in [5.74, 6) is -0.563. The van der Waals surface area contributed by atoms with Gasteiger partial charge in [0.1, 0.15) is 18.2 Å². The molecule has 0 aliphatic rings. The molecule has 1 heterocycles. The second-order valence-electron chi connectivity index (χ2n) is 3.63. The third-order valence-corrected chi connectivity index (χ3v) is 2.33. The van der Waals surface area contributed by atoms with Gasteiger partial charge in [0.15, 0.2) is 11.6 Å². The van der Waals surface area contributed by atoms with Crippen molar-refractivity contribution in [2.75, 3.05) is 12.4 Å². The van der Waals surface area contributed by atoms with Crippen LogP contribution >= 0.6 is 0 Å². The van der Waals surface area contributed by atoms with E-state index in [-0.39, 0.29) is 12.4 Å². The van der Waals surface area contributed by atoms with Gasteiger partial charge in [0.2, 0.25) is 0 Å². The highest BCUT2D eigenvalue weighted by Gasteiger charge is 2.06. The molecule has 0 spiro atoms. The highest BCUT2D eigenvalue weighted by molar-refractivity contribution is 5.34. The van der Waals surface area contributed by atoms with Crippen molar-refractivity contribution in [3.05, 3.63) is 53.7 Å². The number of nitrogens with one attached hydrogen (secondary N) is 1. The summed E-state index contributed by atoms with van der Waals surface area (Å²) in [7, 11) is 1.75. The lowest BCUT2D eigenvalue weighted by molar-refractivity contribution is 0.284. The molecular formula is C13H12F2N2O. The normalized spacial score (nSPS) is 10.2. The number of rotatable bonds is 4. The van der Waals surface area contributed by atoms with E-state index in [2.05, 4.69) is 10.3 Å². The van der Waals surface area contributed by atoms with Gasteiger partial charge in [-0.3, -0.25) is 0 Å². The molecule has 3 nitrogen and oxygen atoms in total. The quantitative estimate of drug-likeness (QED) is 0.905. The van der Waals surface area contributed by atoms with Crippen LogP contribution in [0.5, 0.6) is 5.75 Å². The smallest absolute Gasteiger partial charge is 0.165 e. The molecule has 0 saturated carbocycles. The predicted molar refractivity (Wildman–Crippen MR) is 64.5 cm³/mol. The lowest BCUT2D eigenvalue weighted by Crippen LogP contribution is -2.02. The highest BCUT2D eigenvalue weighted by Crippen LogP contribution is 2.19. The average Bonchev–Trinajstić information content (AvgIpc) is 2.40. The molecule has 18 heavy (non-hydrogen) atoms. The van der Waals surface area contributed by atoms with Gasteiger partial charge < -0.3 is 10.1 Å². The minimum atomic E-state index is -0.596. The van der Waals surface area contributed by atoms with Gasteiger partial charge in [0.05, 0.1) is 5.69 Å².